The standard InChI is InChI=1S/C13H17ClN2O2/c1-7-5-11(15)10(14)6-12(7)16-13(17)9-3-4-18-8(9)2/h5-6,8-9H,3-4,15H2,1-2H3,(H,16,17). The van der Waals surface area contributed by atoms with E-state index in [1.165, 1.54) is 0 Å². The van der Waals surface area contributed by atoms with Gasteiger partial charge in [-0.25, -0.2) is 0 Å². The van der Waals surface area contributed by atoms with Crippen molar-refractivity contribution in [3.8, 4) is 0 Å². The fourth-order valence-corrected chi connectivity index (χ4v) is 2.30. The molecule has 2 unspecified atom stereocenters. The molecule has 1 fully saturated rings. The third-order valence-corrected chi connectivity index (χ3v) is 3.64. The van der Waals surface area contributed by atoms with Crippen LogP contribution in [0.1, 0.15) is 18.9 Å². The molecule has 1 heterocycles. The van der Waals surface area contributed by atoms with E-state index in [0.717, 1.165) is 12.0 Å². The van der Waals surface area contributed by atoms with Gasteiger partial charge in [0, 0.05) is 12.3 Å². The number of ether oxygens (including phenoxy) is 1. The van der Waals surface area contributed by atoms with Gasteiger partial charge in [-0.1, -0.05) is 11.6 Å². The first-order valence-corrected chi connectivity index (χ1v) is 6.35. The van der Waals surface area contributed by atoms with Gasteiger partial charge in [-0.3, -0.25) is 4.79 Å². The van der Waals surface area contributed by atoms with Crippen molar-refractivity contribution in [1.29, 1.82) is 0 Å². The minimum atomic E-state index is -0.0965. The molecule has 1 saturated heterocycles. The highest BCUT2D eigenvalue weighted by Crippen LogP contribution is 2.28. The monoisotopic (exact) mass is 268 g/mol. The summed E-state index contributed by atoms with van der Waals surface area (Å²) in [5, 5.41) is 3.34. The van der Waals surface area contributed by atoms with E-state index in [1.54, 1.807) is 12.1 Å². The van der Waals surface area contributed by atoms with Gasteiger partial charge in [-0.05, 0) is 38.0 Å². The van der Waals surface area contributed by atoms with Crippen LogP contribution in [-0.4, -0.2) is 18.6 Å². The zero-order valence-corrected chi connectivity index (χ0v) is 11.3. The average Bonchev–Trinajstić information content (AvgIpc) is 2.72. The molecule has 2 atom stereocenters. The molecule has 0 saturated carbocycles. The van der Waals surface area contributed by atoms with E-state index in [1.807, 2.05) is 13.8 Å². The summed E-state index contributed by atoms with van der Waals surface area (Å²) in [6.07, 6.45) is 0.726. The van der Waals surface area contributed by atoms with E-state index >= 15 is 0 Å². The molecule has 0 spiro atoms. The van der Waals surface area contributed by atoms with E-state index < -0.39 is 0 Å². The van der Waals surface area contributed by atoms with E-state index in [0.29, 0.717) is 23.0 Å². The Hall–Kier alpha value is -1.26. The highest BCUT2D eigenvalue weighted by molar-refractivity contribution is 6.33. The maximum atomic E-state index is 12.1. The number of rotatable bonds is 2. The maximum absolute atomic E-state index is 12.1. The van der Waals surface area contributed by atoms with Crippen LogP contribution in [0.5, 0.6) is 0 Å². The van der Waals surface area contributed by atoms with Gasteiger partial charge in [-0.2, -0.15) is 0 Å². The molecule has 4 nitrogen and oxygen atoms in total. The summed E-state index contributed by atoms with van der Waals surface area (Å²) in [7, 11) is 0. The second-order valence-electron chi connectivity index (χ2n) is 4.65. The van der Waals surface area contributed by atoms with Crippen molar-refractivity contribution < 1.29 is 9.53 Å². The maximum Gasteiger partial charge on any atom is 0.230 e. The Morgan fingerprint density at radius 3 is 2.89 bits per heavy atom. The molecular weight excluding hydrogens is 252 g/mol. The van der Waals surface area contributed by atoms with Crippen molar-refractivity contribution in [2.75, 3.05) is 17.7 Å². The molecule has 0 aliphatic carbocycles. The Balaban J connectivity index is 2.14. The molecule has 1 aromatic rings. The Morgan fingerprint density at radius 1 is 1.56 bits per heavy atom. The Morgan fingerprint density at radius 2 is 2.28 bits per heavy atom. The number of amides is 1. The lowest BCUT2D eigenvalue weighted by Crippen LogP contribution is -2.28. The van der Waals surface area contributed by atoms with E-state index in [2.05, 4.69) is 5.32 Å². The zero-order chi connectivity index (χ0) is 13.3. The lowest BCUT2D eigenvalue weighted by molar-refractivity contribution is -0.121. The van der Waals surface area contributed by atoms with Gasteiger partial charge < -0.3 is 15.8 Å². The summed E-state index contributed by atoms with van der Waals surface area (Å²) in [6.45, 7) is 4.44. The van der Waals surface area contributed by atoms with Crippen molar-refractivity contribution in [3.63, 3.8) is 0 Å². The SMILES string of the molecule is Cc1cc(N)c(Cl)cc1NC(=O)C1CCOC1C. The molecule has 1 aliphatic rings. The molecule has 0 aromatic heterocycles. The topological polar surface area (TPSA) is 64.3 Å². The van der Waals surface area contributed by atoms with Gasteiger partial charge in [0.2, 0.25) is 5.91 Å². The molecule has 1 aromatic carbocycles. The van der Waals surface area contributed by atoms with Gasteiger partial charge in [-0.15, -0.1) is 0 Å². The Bertz CT molecular complexity index is 476. The fourth-order valence-electron chi connectivity index (χ4n) is 2.14. The fraction of sp³-hybridized carbons (Fsp3) is 0.462. The van der Waals surface area contributed by atoms with Crippen LogP contribution in [0.15, 0.2) is 12.1 Å². The first kappa shape index (κ1) is 13.2. The van der Waals surface area contributed by atoms with Gasteiger partial charge in [0.25, 0.3) is 0 Å². The second kappa shape index (κ2) is 5.16. The average molecular weight is 269 g/mol. The number of nitrogens with one attached hydrogen (secondary N) is 1. The van der Waals surface area contributed by atoms with Crippen molar-refractivity contribution in [3.05, 3.63) is 22.7 Å². The summed E-state index contributed by atoms with van der Waals surface area (Å²) in [5.41, 5.74) is 7.82. The molecule has 0 bridgehead atoms. The van der Waals surface area contributed by atoms with Gasteiger partial charge >= 0.3 is 0 Å². The molecule has 0 radical (unpaired) electrons. The predicted molar refractivity (Wildman–Crippen MR) is 72.8 cm³/mol. The van der Waals surface area contributed by atoms with Gasteiger partial charge in [0.05, 0.1) is 22.7 Å². The quantitative estimate of drug-likeness (QED) is 0.811. The number of carbonyl (C=O) groups excluding carboxylic acids is 1. The highest BCUT2D eigenvalue weighted by Gasteiger charge is 2.30. The van der Waals surface area contributed by atoms with E-state index in [9.17, 15) is 4.79 Å². The number of hydrogen-bond donors (Lipinski definition) is 2. The molecular formula is C13H17ClN2O2. The second-order valence-corrected chi connectivity index (χ2v) is 5.06. The van der Waals surface area contributed by atoms with Crippen LogP contribution in [0.3, 0.4) is 0 Å². The summed E-state index contributed by atoms with van der Waals surface area (Å²) < 4.78 is 5.39. The van der Waals surface area contributed by atoms with Crippen molar-refractivity contribution in [2.24, 2.45) is 5.92 Å². The lowest BCUT2D eigenvalue weighted by atomic mass is 10.0. The minimum absolute atomic E-state index is 0.0241. The minimum Gasteiger partial charge on any atom is -0.398 e. The number of hydrogen-bond acceptors (Lipinski definition) is 3. The number of nitrogen functional groups attached to an aromatic ring is 1. The molecule has 3 N–H and O–H groups in total. The lowest BCUT2D eigenvalue weighted by Gasteiger charge is -2.16. The van der Waals surface area contributed by atoms with Crippen LogP contribution >= 0.6 is 11.6 Å². The summed E-state index contributed by atoms with van der Waals surface area (Å²) >= 11 is 5.96. The van der Waals surface area contributed by atoms with E-state index in [-0.39, 0.29) is 17.9 Å². The first-order chi connectivity index (χ1) is 8.49. The molecule has 18 heavy (non-hydrogen) atoms. The summed E-state index contributed by atoms with van der Waals surface area (Å²) in [4.78, 5) is 12.1. The highest BCUT2D eigenvalue weighted by atomic mass is 35.5. The zero-order valence-electron chi connectivity index (χ0n) is 10.5. The molecule has 1 amide bonds. The predicted octanol–water partition coefficient (Wildman–Crippen LogP) is 2.59. The summed E-state index contributed by atoms with van der Waals surface area (Å²) in [6, 6.07) is 3.44. The van der Waals surface area contributed by atoms with Crippen LogP contribution in [0, 0.1) is 12.8 Å². The molecule has 1 aliphatic heterocycles. The number of halogens is 1. The number of carbonyl (C=O) groups is 1. The van der Waals surface area contributed by atoms with Crippen molar-refractivity contribution in [2.45, 2.75) is 26.4 Å². The van der Waals surface area contributed by atoms with Crippen molar-refractivity contribution in [1.82, 2.24) is 0 Å². The number of nitrogens with two attached hydrogens (primary N) is 1. The van der Waals surface area contributed by atoms with Crippen LogP contribution in [0.4, 0.5) is 11.4 Å². The third-order valence-electron chi connectivity index (χ3n) is 3.31. The van der Waals surface area contributed by atoms with Gasteiger partial charge in [0.15, 0.2) is 0 Å². The third kappa shape index (κ3) is 2.60. The van der Waals surface area contributed by atoms with Crippen LogP contribution in [0.25, 0.3) is 0 Å². The largest absolute Gasteiger partial charge is 0.398 e. The van der Waals surface area contributed by atoms with Crippen LogP contribution in [-0.2, 0) is 9.53 Å². The van der Waals surface area contributed by atoms with Crippen LogP contribution in [0.2, 0.25) is 5.02 Å². The van der Waals surface area contributed by atoms with E-state index in [4.69, 9.17) is 22.1 Å². The molecule has 98 valence electrons. The number of anilines is 2. The summed E-state index contributed by atoms with van der Waals surface area (Å²) in [5.74, 6) is -0.121. The number of benzene rings is 1. The molecule has 2 rings (SSSR count). The smallest absolute Gasteiger partial charge is 0.230 e. The normalized spacial score (nSPS) is 23.1. The van der Waals surface area contributed by atoms with Crippen molar-refractivity contribution >= 4 is 28.9 Å². The Labute approximate surface area is 111 Å². The van der Waals surface area contributed by atoms with Gasteiger partial charge in [0.1, 0.15) is 0 Å². The first-order valence-electron chi connectivity index (χ1n) is 5.97. The van der Waals surface area contributed by atoms with Crippen LogP contribution < -0.4 is 11.1 Å². The number of aryl methyl sites for hydroxylation is 1. The Kier molecular flexibility index (Phi) is 3.78. The molecule has 5 heteroatoms.